The highest BCUT2D eigenvalue weighted by molar-refractivity contribution is 5.96. The summed E-state index contributed by atoms with van der Waals surface area (Å²) >= 11 is 0. The van der Waals surface area contributed by atoms with Crippen molar-refractivity contribution >= 4 is 16.7 Å². The number of benzene rings is 2. The van der Waals surface area contributed by atoms with E-state index in [-0.39, 0.29) is 11.5 Å². The quantitative estimate of drug-likeness (QED) is 0.607. The first kappa shape index (κ1) is 21.0. The molecule has 2 aromatic carbocycles. The fourth-order valence-electron chi connectivity index (χ4n) is 4.67. The van der Waals surface area contributed by atoms with E-state index in [0.717, 1.165) is 59.8 Å². The standard InChI is InChI=1S/C27H31N3O2/c1-19-5-6-22(26(31)28-23-8-9-23)18-25(19)20-7-10-24-21(17-20)11-16-30(27(24)32)15-4-14-29-12-2-3-13-29/h5-7,10-11,16-18,23H,2-4,8-9,12-15H2,1H3,(H,28,31). The second kappa shape index (κ2) is 8.91. The molecule has 2 fully saturated rings. The van der Waals surface area contributed by atoms with Gasteiger partial charge in [-0.15, -0.1) is 0 Å². The summed E-state index contributed by atoms with van der Waals surface area (Å²) in [6.45, 7) is 6.26. The first-order valence-electron chi connectivity index (χ1n) is 11.9. The summed E-state index contributed by atoms with van der Waals surface area (Å²) < 4.78 is 1.84. The third-order valence-corrected chi connectivity index (χ3v) is 6.77. The van der Waals surface area contributed by atoms with Gasteiger partial charge < -0.3 is 14.8 Å². The maximum atomic E-state index is 13.0. The lowest BCUT2D eigenvalue weighted by Gasteiger charge is -2.15. The number of carbonyl (C=O) groups is 1. The normalized spacial score (nSPS) is 16.5. The molecule has 5 rings (SSSR count). The maximum absolute atomic E-state index is 13.0. The Kier molecular flexibility index (Phi) is 5.83. The third kappa shape index (κ3) is 4.49. The van der Waals surface area contributed by atoms with Gasteiger partial charge in [-0.1, -0.05) is 12.1 Å². The van der Waals surface area contributed by atoms with Gasteiger partial charge in [0.15, 0.2) is 0 Å². The van der Waals surface area contributed by atoms with E-state index in [2.05, 4.69) is 23.2 Å². The zero-order valence-electron chi connectivity index (χ0n) is 18.8. The number of fused-ring (bicyclic) bond motifs is 1. The topological polar surface area (TPSA) is 54.3 Å². The molecule has 1 saturated heterocycles. The molecule has 0 bridgehead atoms. The zero-order chi connectivity index (χ0) is 22.1. The predicted octanol–water partition coefficient (Wildman–Crippen LogP) is 4.36. The van der Waals surface area contributed by atoms with Crippen LogP contribution in [0.5, 0.6) is 0 Å². The van der Waals surface area contributed by atoms with E-state index in [1.54, 1.807) is 0 Å². The molecule has 0 radical (unpaired) electrons. The molecule has 1 aliphatic carbocycles. The Hall–Kier alpha value is -2.92. The van der Waals surface area contributed by atoms with Gasteiger partial charge in [0.05, 0.1) is 0 Å². The summed E-state index contributed by atoms with van der Waals surface area (Å²) in [5.41, 5.74) is 3.94. The molecular formula is C27H31N3O2. The summed E-state index contributed by atoms with van der Waals surface area (Å²) in [6, 6.07) is 14.2. The maximum Gasteiger partial charge on any atom is 0.258 e. The lowest BCUT2D eigenvalue weighted by molar-refractivity contribution is 0.0951. The van der Waals surface area contributed by atoms with Crippen LogP contribution >= 0.6 is 0 Å². The van der Waals surface area contributed by atoms with Crippen molar-refractivity contribution in [2.75, 3.05) is 19.6 Å². The van der Waals surface area contributed by atoms with Crippen LogP contribution in [0.2, 0.25) is 0 Å². The molecule has 1 aliphatic heterocycles. The highest BCUT2D eigenvalue weighted by atomic mass is 16.1. The van der Waals surface area contributed by atoms with Crippen molar-refractivity contribution in [3.63, 3.8) is 0 Å². The third-order valence-electron chi connectivity index (χ3n) is 6.77. The van der Waals surface area contributed by atoms with Crippen molar-refractivity contribution in [1.82, 2.24) is 14.8 Å². The Bertz CT molecular complexity index is 1200. The highest BCUT2D eigenvalue weighted by Gasteiger charge is 2.24. The average molecular weight is 430 g/mol. The molecule has 5 heteroatoms. The van der Waals surface area contributed by atoms with Gasteiger partial charge in [0, 0.05) is 29.7 Å². The van der Waals surface area contributed by atoms with Crippen molar-refractivity contribution in [1.29, 1.82) is 0 Å². The molecule has 2 heterocycles. The lowest BCUT2D eigenvalue weighted by atomic mass is 9.96. The van der Waals surface area contributed by atoms with E-state index in [1.807, 2.05) is 47.2 Å². The minimum atomic E-state index is -0.00800. The van der Waals surface area contributed by atoms with Crippen LogP contribution < -0.4 is 10.9 Å². The minimum Gasteiger partial charge on any atom is -0.349 e. The van der Waals surface area contributed by atoms with Crippen LogP contribution in [0.3, 0.4) is 0 Å². The Morgan fingerprint density at radius 2 is 1.84 bits per heavy atom. The van der Waals surface area contributed by atoms with Crippen LogP contribution in [0.4, 0.5) is 0 Å². The van der Waals surface area contributed by atoms with Gasteiger partial charge in [-0.3, -0.25) is 9.59 Å². The SMILES string of the molecule is Cc1ccc(C(=O)NC2CC2)cc1-c1ccc2c(=O)n(CCCN3CCCC3)ccc2c1. The molecule has 32 heavy (non-hydrogen) atoms. The predicted molar refractivity (Wildman–Crippen MR) is 129 cm³/mol. The number of pyridine rings is 1. The van der Waals surface area contributed by atoms with Gasteiger partial charge in [-0.05, 0) is 111 Å². The van der Waals surface area contributed by atoms with Crippen molar-refractivity contribution in [2.45, 2.75) is 51.6 Å². The lowest BCUT2D eigenvalue weighted by Crippen LogP contribution is -2.25. The smallest absolute Gasteiger partial charge is 0.258 e. The average Bonchev–Trinajstić information content (AvgIpc) is 3.46. The fraction of sp³-hybridized carbons (Fsp3) is 0.407. The van der Waals surface area contributed by atoms with Crippen LogP contribution in [0.1, 0.15) is 48.0 Å². The molecule has 3 aromatic rings. The van der Waals surface area contributed by atoms with Gasteiger partial charge in [-0.2, -0.15) is 0 Å². The van der Waals surface area contributed by atoms with E-state index < -0.39 is 0 Å². The number of rotatable bonds is 7. The second-order valence-electron chi connectivity index (χ2n) is 9.30. The van der Waals surface area contributed by atoms with E-state index in [9.17, 15) is 9.59 Å². The Morgan fingerprint density at radius 3 is 2.62 bits per heavy atom. The molecule has 0 spiro atoms. The molecule has 0 unspecified atom stereocenters. The Balaban J connectivity index is 1.37. The second-order valence-corrected chi connectivity index (χ2v) is 9.30. The summed E-state index contributed by atoms with van der Waals surface area (Å²) in [7, 11) is 0. The number of carbonyl (C=O) groups excluding carboxylic acids is 1. The van der Waals surface area contributed by atoms with Crippen molar-refractivity contribution in [3.05, 3.63) is 70.1 Å². The summed E-state index contributed by atoms with van der Waals surface area (Å²) in [5.74, 6) is -0.00800. The number of likely N-dealkylation sites (tertiary alicyclic amines) is 1. The van der Waals surface area contributed by atoms with Crippen molar-refractivity contribution in [2.24, 2.45) is 0 Å². The molecular weight excluding hydrogens is 398 g/mol. The largest absolute Gasteiger partial charge is 0.349 e. The first-order valence-corrected chi connectivity index (χ1v) is 11.9. The Labute approximate surface area is 189 Å². The fourth-order valence-corrected chi connectivity index (χ4v) is 4.67. The summed E-state index contributed by atoms with van der Waals surface area (Å²) in [6.07, 6.45) is 7.66. The molecule has 1 amide bonds. The number of hydrogen-bond acceptors (Lipinski definition) is 3. The molecule has 1 aromatic heterocycles. The molecule has 1 saturated carbocycles. The minimum absolute atomic E-state index is 0.00800. The number of aryl methyl sites for hydroxylation is 2. The van der Waals surface area contributed by atoms with Gasteiger partial charge >= 0.3 is 0 Å². The first-order chi connectivity index (χ1) is 15.6. The molecule has 2 aliphatic rings. The number of nitrogens with one attached hydrogen (secondary N) is 1. The van der Waals surface area contributed by atoms with E-state index in [4.69, 9.17) is 0 Å². The van der Waals surface area contributed by atoms with Crippen LogP contribution in [0.15, 0.2) is 53.5 Å². The number of amides is 1. The highest BCUT2D eigenvalue weighted by Crippen LogP contribution is 2.28. The van der Waals surface area contributed by atoms with Crippen LogP contribution in [-0.2, 0) is 6.54 Å². The molecule has 1 N–H and O–H groups in total. The van der Waals surface area contributed by atoms with Crippen molar-refractivity contribution in [3.8, 4) is 11.1 Å². The summed E-state index contributed by atoms with van der Waals surface area (Å²) in [5, 5.41) is 4.75. The molecule has 166 valence electrons. The molecule has 0 atom stereocenters. The van der Waals surface area contributed by atoms with Crippen LogP contribution in [0.25, 0.3) is 21.9 Å². The van der Waals surface area contributed by atoms with Gasteiger partial charge in [0.1, 0.15) is 0 Å². The summed E-state index contributed by atoms with van der Waals surface area (Å²) in [4.78, 5) is 28.0. The van der Waals surface area contributed by atoms with Crippen LogP contribution in [0, 0.1) is 6.92 Å². The van der Waals surface area contributed by atoms with Gasteiger partial charge in [0.25, 0.3) is 11.5 Å². The number of aromatic nitrogens is 1. The van der Waals surface area contributed by atoms with Gasteiger partial charge in [0.2, 0.25) is 0 Å². The number of hydrogen-bond donors (Lipinski definition) is 1. The molecule has 5 nitrogen and oxygen atoms in total. The van der Waals surface area contributed by atoms with Crippen LogP contribution in [-0.4, -0.2) is 41.1 Å². The monoisotopic (exact) mass is 429 g/mol. The van der Waals surface area contributed by atoms with E-state index in [0.29, 0.717) is 11.6 Å². The van der Waals surface area contributed by atoms with E-state index in [1.165, 1.54) is 25.9 Å². The van der Waals surface area contributed by atoms with Gasteiger partial charge in [-0.25, -0.2) is 0 Å². The van der Waals surface area contributed by atoms with E-state index >= 15 is 0 Å². The zero-order valence-corrected chi connectivity index (χ0v) is 18.8. The van der Waals surface area contributed by atoms with Crippen molar-refractivity contribution < 1.29 is 4.79 Å². The number of nitrogens with zero attached hydrogens (tertiary/aromatic N) is 2. The Morgan fingerprint density at radius 1 is 1.03 bits per heavy atom.